The summed E-state index contributed by atoms with van der Waals surface area (Å²) in [5, 5.41) is 3.24. The van der Waals surface area contributed by atoms with Gasteiger partial charge in [0.1, 0.15) is 11.5 Å². The lowest BCUT2D eigenvalue weighted by Crippen LogP contribution is -2.22. The van der Waals surface area contributed by atoms with Gasteiger partial charge in [-0.1, -0.05) is 0 Å². The minimum absolute atomic E-state index is 0.630. The lowest BCUT2D eigenvalue weighted by Gasteiger charge is -2.13. The number of methoxy groups -OCH3 is 2. The summed E-state index contributed by atoms with van der Waals surface area (Å²) in [6.07, 6.45) is 0. The zero-order valence-electron chi connectivity index (χ0n) is 10.2. The van der Waals surface area contributed by atoms with Gasteiger partial charge in [0, 0.05) is 25.2 Å². The van der Waals surface area contributed by atoms with E-state index in [2.05, 4.69) is 5.32 Å². The molecule has 1 aromatic rings. The Hall–Kier alpha value is -1.26. The number of hydrogen-bond acceptors (Lipinski definition) is 4. The van der Waals surface area contributed by atoms with E-state index in [0.717, 1.165) is 35.7 Å². The van der Waals surface area contributed by atoms with Crippen LogP contribution < -0.4 is 20.5 Å². The number of aryl methyl sites for hydroxylation is 1. The molecule has 0 spiro atoms. The summed E-state index contributed by atoms with van der Waals surface area (Å²) in [6.45, 7) is 4.15. The third-order valence-corrected chi connectivity index (χ3v) is 2.43. The predicted octanol–water partition coefficient (Wildman–Crippen LogP) is 1.06. The summed E-state index contributed by atoms with van der Waals surface area (Å²) in [5.74, 6) is 1.76. The quantitative estimate of drug-likeness (QED) is 0.709. The van der Waals surface area contributed by atoms with Crippen LogP contribution in [-0.4, -0.2) is 27.3 Å². The first-order valence-electron chi connectivity index (χ1n) is 5.35. The number of hydrogen-bond donors (Lipinski definition) is 2. The van der Waals surface area contributed by atoms with E-state index in [9.17, 15) is 0 Å². The molecule has 0 saturated heterocycles. The number of nitrogens with one attached hydrogen (secondary N) is 1. The third-order valence-electron chi connectivity index (χ3n) is 2.43. The summed E-state index contributed by atoms with van der Waals surface area (Å²) in [5.41, 5.74) is 7.58. The van der Waals surface area contributed by atoms with Crippen molar-refractivity contribution < 1.29 is 9.47 Å². The molecule has 0 bridgehead atoms. The monoisotopic (exact) mass is 224 g/mol. The standard InChI is InChI=1S/C12H20N2O2/c1-9-6-12(16-3)10(7-11(9)15-2)8-14-5-4-13/h6-7,14H,4-5,8,13H2,1-3H3. The summed E-state index contributed by atoms with van der Waals surface area (Å²) in [6, 6.07) is 3.98. The second-order valence-electron chi connectivity index (χ2n) is 3.60. The minimum atomic E-state index is 0.630. The lowest BCUT2D eigenvalue weighted by atomic mass is 10.1. The van der Waals surface area contributed by atoms with Crippen LogP contribution in [-0.2, 0) is 6.54 Å². The minimum Gasteiger partial charge on any atom is -0.496 e. The summed E-state index contributed by atoms with van der Waals surface area (Å²) < 4.78 is 10.6. The van der Waals surface area contributed by atoms with Crippen molar-refractivity contribution in [1.82, 2.24) is 5.32 Å². The molecule has 4 nitrogen and oxygen atoms in total. The molecule has 0 radical (unpaired) electrons. The Balaban J connectivity index is 2.86. The molecule has 1 rings (SSSR count). The van der Waals surface area contributed by atoms with Crippen molar-refractivity contribution in [2.75, 3.05) is 27.3 Å². The molecule has 0 fully saturated rings. The fourth-order valence-corrected chi connectivity index (χ4v) is 1.58. The molecule has 0 heterocycles. The van der Waals surface area contributed by atoms with Gasteiger partial charge in [-0.15, -0.1) is 0 Å². The average molecular weight is 224 g/mol. The summed E-state index contributed by atoms with van der Waals surface area (Å²) >= 11 is 0. The molecular weight excluding hydrogens is 204 g/mol. The van der Waals surface area contributed by atoms with E-state index in [1.54, 1.807) is 14.2 Å². The van der Waals surface area contributed by atoms with Crippen LogP contribution >= 0.6 is 0 Å². The summed E-state index contributed by atoms with van der Waals surface area (Å²) in [4.78, 5) is 0. The Morgan fingerprint density at radius 2 is 1.88 bits per heavy atom. The van der Waals surface area contributed by atoms with Crippen molar-refractivity contribution in [3.63, 3.8) is 0 Å². The van der Waals surface area contributed by atoms with Crippen LogP contribution in [0.2, 0.25) is 0 Å². The molecule has 16 heavy (non-hydrogen) atoms. The SMILES string of the molecule is COc1cc(CNCCN)c(OC)cc1C. The second kappa shape index (κ2) is 6.35. The molecule has 0 amide bonds. The van der Waals surface area contributed by atoms with E-state index in [-0.39, 0.29) is 0 Å². The predicted molar refractivity (Wildman–Crippen MR) is 65.0 cm³/mol. The van der Waals surface area contributed by atoms with E-state index in [1.807, 2.05) is 19.1 Å². The third kappa shape index (κ3) is 3.12. The van der Waals surface area contributed by atoms with Gasteiger partial charge in [-0.3, -0.25) is 0 Å². The average Bonchev–Trinajstić information content (AvgIpc) is 2.30. The maximum Gasteiger partial charge on any atom is 0.123 e. The number of nitrogens with two attached hydrogens (primary N) is 1. The molecule has 0 aromatic heterocycles. The lowest BCUT2D eigenvalue weighted by molar-refractivity contribution is 0.395. The van der Waals surface area contributed by atoms with Crippen LogP contribution in [0.25, 0.3) is 0 Å². The first-order chi connectivity index (χ1) is 7.72. The van der Waals surface area contributed by atoms with Crippen LogP contribution in [0.5, 0.6) is 11.5 Å². The number of rotatable bonds is 6. The molecule has 3 N–H and O–H groups in total. The van der Waals surface area contributed by atoms with Gasteiger partial charge < -0.3 is 20.5 Å². The molecule has 0 unspecified atom stereocenters. The van der Waals surface area contributed by atoms with Gasteiger partial charge in [-0.2, -0.15) is 0 Å². The first kappa shape index (κ1) is 12.8. The molecule has 0 aliphatic heterocycles. The highest BCUT2D eigenvalue weighted by Crippen LogP contribution is 2.27. The Labute approximate surface area is 96.7 Å². The fraction of sp³-hybridized carbons (Fsp3) is 0.500. The smallest absolute Gasteiger partial charge is 0.123 e. The molecule has 0 saturated carbocycles. The normalized spacial score (nSPS) is 10.2. The van der Waals surface area contributed by atoms with Gasteiger partial charge in [-0.05, 0) is 24.6 Å². The highest BCUT2D eigenvalue weighted by atomic mass is 16.5. The molecule has 90 valence electrons. The van der Waals surface area contributed by atoms with Crippen molar-refractivity contribution in [3.05, 3.63) is 23.3 Å². The maximum atomic E-state index is 5.42. The van der Waals surface area contributed by atoms with Gasteiger partial charge in [0.05, 0.1) is 14.2 Å². The Morgan fingerprint density at radius 3 is 2.44 bits per heavy atom. The van der Waals surface area contributed by atoms with Crippen molar-refractivity contribution in [1.29, 1.82) is 0 Å². The first-order valence-corrected chi connectivity index (χ1v) is 5.35. The second-order valence-corrected chi connectivity index (χ2v) is 3.60. The van der Waals surface area contributed by atoms with Crippen LogP contribution in [0.15, 0.2) is 12.1 Å². The van der Waals surface area contributed by atoms with E-state index in [4.69, 9.17) is 15.2 Å². The van der Waals surface area contributed by atoms with Crippen LogP contribution in [0.1, 0.15) is 11.1 Å². The van der Waals surface area contributed by atoms with E-state index >= 15 is 0 Å². The van der Waals surface area contributed by atoms with Crippen molar-refractivity contribution in [2.24, 2.45) is 5.73 Å². The number of ether oxygens (including phenoxy) is 2. The van der Waals surface area contributed by atoms with Gasteiger partial charge in [0.15, 0.2) is 0 Å². The molecule has 0 atom stereocenters. The highest BCUT2D eigenvalue weighted by Gasteiger charge is 2.07. The van der Waals surface area contributed by atoms with E-state index in [1.165, 1.54) is 0 Å². The van der Waals surface area contributed by atoms with Crippen molar-refractivity contribution >= 4 is 0 Å². The molecular formula is C12H20N2O2. The van der Waals surface area contributed by atoms with E-state index in [0.29, 0.717) is 6.54 Å². The van der Waals surface area contributed by atoms with Crippen molar-refractivity contribution in [3.8, 4) is 11.5 Å². The Kier molecular flexibility index (Phi) is 5.08. The highest BCUT2D eigenvalue weighted by molar-refractivity contribution is 5.45. The van der Waals surface area contributed by atoms with Crippen molar-refractivity contribution in [2.45, 2.75) is 13.5 Å². The molecule has 0 aliphatic rings. The fourth-order valence-electron chi connectivity index (χ4n) is 1.58. The van der Waals surface area contributed by atoms with E-state index < -0.39 is 0 Å². The maximum absolute atomic E-state index is 5.42. The Bertz CT molecular complexity index is 340. The largest absolute Gasteiger partial charge is 0.496 e. The molecule has 1 aromatic carbocycles. The molecule has 0 aliphatic carbocycles. The van der Waals surface area contributed by atoms with Gasteiger partial charge in [0.25, 0.3) is 0 Å². The van der Waals surface area contributed by atoms with Gasteiger partial charge >= 0.3 is 0 Å². The number of benzene rings is 1. The zero-order chi connectivity index (χ0) is 12.0. The van der Waals surface area contributed by atoms with Crippen LogP contribution in [0.4, 0.5) is 0 Å². The van der Waals surface area contributed by atoms with Gasteiger partial charge in [-0.25, -0.2) is 0 Å². The summed E-state index contributed by atoms with van der Waals surface area (Å²) in [7, 11) is 3.35. The zero-order valence-corrected chi connectivity index (χ0v) is 10.2. The topological polar surface area (TPSA) is 56.5 Å². The Morgan fingerprint density at radius 1 is 1.19 bits per heavy atom. The van der Waals surface area contributed by atoms with Crippen LogP contribution in [0.3, 0.4) is 0 Å². The van der Waals surface area contributed by atoms with Gasteiger partial charge in [0.2, 0.25) is 0 Å². The van der Waals surface area contributed by atoms with Crippen LogP contribution in [0, 0.1) is 6.92 Å². The molecule has 4 heteroatoms.